The molecule has 21 heavy (non-hydrogen) atoms. The van der Waals surface area contributed by atoms with E-state index >= 15 is 0 Å². The minimum Gasteiger partial charge on any atom is -0.332 e. The molecule has 0 aromatic heterocycles. The summed E-state index contributed by atoms with van der Waals surface area (Å²) < 4.78 is 13.5. The number of benzene rings is 1. The number of nitrogens with zero attached hydrogens (tertiary/aromatic N) is 1. The molecule has 1 atom stereocenters. The van der Waals surface area contributed by atoms with E-state index in [-0.39, 0.29) is 23.5 Å². The van der Waals surface area contributed by atoms with Gasteiger partial charge in [0.2, 0.25) is 5.91 Å². The first-order valence-corrected chi connectivity index (χ1v) is 7.14. The van der Waals surface area contributed by atoms with Gasteiger partial charge in [0.05, 0.1) is 31.9 Å². The molecular formula is C15H21FN3O2+. The first kappa shape index (κ1) is 15.4. The van der Waals surface area contributed by atoms with Crippen molar-refractivity contribution < 1.29 is 18.9 Å². The second-order valence-electron chi connectivity index (χ2n) is 5.36. The first-order valence-electron chi connectivity index (χ1n) is 7.14. The number of hydrogen-bond acceptors (Lipinski definition) is 2. The van der Waals surface area contributed by atoms with Gasteiger partial charge in [-0.25, -0.2) is 4.39 Å². The standard InChI is InChI=1S/C15H20FN3O2/c1-11(18-7-9-19(10-8-18)12(2)20)15(21)17-14-6-4-3-5-13(14)16/h3-6,11H,7-10H2,1-2H3,(H,17,21)/p+1/t11-/m0/s1. The number of hydrogen-bond donors (Lipinski definition) is 2. The Morgan fingerprint density at radius 3 is 2.48 bits per heavy atom. The summed E-state index contributed by atoms with van der Waals surface area (Å²) in [4.78, 5) is 26.4. The van der Waals surface area contributed by atoms with Crippen LogP contribution in [0.1, 0.15) is 13.8 Å². The van der Waals surface area contributed by atoms with Gasteiger partial charge in [0.15, 0.2) is 6.04 Å². The Morgan fingerprint density at radius 1 is 1.29 bits per heavy atom. The number of para-hydroxylation sites is 1. The summed E-state index contributed by atoms with van der Waals surface area (Å²) in [5.74, 6) is -0.571. The summed E-state index contributed by atoms with van der Waals surface area (Å²) in [5, 5.41) is 2.63. The van der Waals surface area contributed by atoms with Crippen LogP contribution in [0.25, 0.3) is 0 Å². The lowest BCUT2D eigenvalue weighted by Crippen LogP contribution is -3.19. The van der Waals surface area contributed by atoms with E-state index in [0.29, 0.717) is 13.1 Å². The highest BCUT2D eigenvalue weighted by atomic mass is 19.1. The summed E-state index contributed by atoms with van der Waals surface area (Å²) in [7, 11) is 0. The van der Waals surface area contributed by atoms with Gasteiger partial charge in [-0.2, -0.15) is 0 Å². The average Bonchev–Trinajstić information content (AvgIpc) is 2.49. The third-order valence-corrected chi connectivity index (χ3v) is 3.99. The van der Waals surface area contributed by atoms with Crippen LogP contribution in [0.2, 0.25) is 0 Å². The Balaban J connectivity index is 1.92. The van der Waals surface area contributed by atoms with Gasteiger partial charge in [-0.3, -0.25) is 9.59 Å². The molecule has 1 aliphatic rings. The summed E-state index contributed by atoms with van der Waals surface area (Å²) >= 11 is 0. The Kier molecular flexibility index (Phi) is 4.90. The summed E-state index contributed by atoms with van der Waals surface area (Å²) in [5.41, 5.74) is 0.205. The van der Waals surface area contributed by atoms with Crippen LogP contribution < -0.4 is 10.2 Å². The van der Waals surface area contributed by atoms with Gasteiger partial charge in [0.25, 0.3) is 5.91 Å². The van der Waals surface area contributed by atoms with Crippen molar-refractivity contribution in [2.24, 2.45) is 0 Å². The maximum Gasteiger partial charge on any atom is 0.282 e. The van der Waals surface area contributed by atoms with E-state index in [2.05, 4.69) is 5.32 Å². The molecule has 2 rings (SSSR count). The highest BCUT2D eigenvalue weighted by Crippen LogP contribution is 2.12. The van der Waals surface area contributed by atoms with Crippen molar-refractivity contribution in [2.45, 2.75) is 19.9 Å². The van der Waals surface area contributed by atoms with Crippen molar-refractivity contribution in [2.75, 3.05) is 31.5 Å². The molecule has 0 saturated carbocycles. The molecule has 1 saturated heterocycles. The van der Waals surface area contributed by atoms with E-state index in [1.807, 2.05) is 6.92 Å². The molecule has 0 spiro atoms. The minimum absolute atomic E-state index is 0.0671. The molecule has 1 aromatic rings. The summed E-state index contributed by atoms with van der Waals surface area (Å²) in [6, 6.07) is 5.85. The molecule has 1 heterocycles. The highest BCUT2D eigenvalue weighted by Gasteiger charge is 2.30. The fourth-order valence-electron chi connectivity index (χ4n) is 2.53. The molecule has 0 bridgehead atoms. The van der Waals surface area contributed by atoms with E-state index in [0.717, 1.165) is 18.0 Å². The molecule has 6 heteroatoms. The lowest BCUT2D eigenvalue weighted by molar-refractivity contribution is -0.917. The Labute approximate surface area is 123 Å². The lowest BCUT2D eigenvalue weighted by Gasteiger charge is -2.34. The minimum atomic E-state index is -0.436. The van der Waals surface area contributed by atoms with Gasteiger partial charge >= 0.3 is 0 Å². The molecule has 2 amide bonds. The van der Waals surface area contributed by atoms with Crippen molar-refractivity contribution in [3.8, 4) is 0 Å². The molecule has 1 fully saturated rings. The molecule has 5 nitrogen and oxygen atoms in total. The number of piperazine rings is 1. The van der Waals surface area contributed by atoms with Gasteiger partial charge in [0, 0.05) is 6.92 Å². The third kappa shape index (κ3) is 3.78. The molecule has 0 unspecified atom stereocenters. The van der Waals surface area contributed by atoms with E-state index in [9.17, 15) is 14.0 Å². The number of halogens is 1. The van der Waals surface area contributed by atoms with E-state index in [1.165, 1.54) is 6.07 Å². The molecule has 0 radical (unpaired) electrons. The summed E-state index contributed by atoms with van der Waals surface area (Å²) in [6.07, 6.45) is 0. The van der Waals surface area contributed by atoms with Crippen LogP contribution in [0.15, 0.2) is 24.3 Å². The molecule has 1 aromatic carbocycles. The Bertz CT molecular complexity index is 527. The fraction of sp³-hybridized carbons (Fsp3) is 0.467. The zero-order valence-corrected chi connectivity index (χ0v) is 12.4. The topological polar surface area (TPSA) is 53.9 Å². The van der Waals surface area contributed by atoms with Crippen molar-refractivity contribution in [3.63, 3.8) is 0 Å². The third-order valence-electron chi connectivity index (χ3n) is 3.99. The van der Waals surface area contributed by atoms with Crippen molar-refractivity contribution in [3.05, 3.63) is 30.1 Å². The normalized spacial score (nSPS) is 17.4. The number of carbonyl (C=O) groups is 2. The van der Waals surface area contributed by atoms with Gasteiger partial charge in [-0.1, -0.05) is 12.1 Å². The zero-order valence-electron chi connectivity index (χ0n) is 12.4. The maximum absolute atomic E-state index is 13.5. The van der Waals surface area contributed by atoms with Crippen LogP contribution in [0.4, 0.5) is 10.1 Å². The van der Waals surface area contributed by atoms with Crippen molar-refractivity contribution >= 4 is 17.5 Å². The SMILES string of the molecule is CC(=O)N1CC[NH+]([C@@H](C)C(=O)Nc2ccccc2F)CC1. The van der Waals surface area contributed by atoms with Crippen LogP contribution in [0.5, 0.6) is 0 Å². The number of rotatable bonds is 3. The fourth-order valence-corrected chi connectivity index (χ4v) is 2.53. The van der Waals surface area contributed by atoms with Crippen molar-refractivity contribution in [1.82, 2.24) is 4.90 Å². The predicted molar refractivity (Wildman–Crippen MR) is 77.4 cm³/mol. The number of nitrogens with one attached hydrogen (secondary N) is 2. The average molecular weight is 294 g/mol. The summed E-state index contributed by atoms with van der Waals surface area (Å²) in [6.45, 7) is 6.15. The second kappa shape index (κ2) is 6.67. The monoisotopic (exact) mass is 294 g/mol. The van der Waals surface area contributed by atoms with Gasteiger partial charge < -0.3 is 15.1 Å². The van der Waals surface area contributed by atoms with Crippen molar-refractivity contribution in [1.29, 1.82) is 0 Å². The lowest BCUT2D eigenvalue weighted by atomic mass is 10.2. The molecule has 114 valence electrons. The number of amides is 2. The van der Waals surface area contributed by atoms with Crippen LogP contribution in [-0.4, -0.2) is 48.9 Å². The maximum atomic E-state index is 13.5. The van der Waals surface area contributed by atoms with E-state index < -0.39 is 5.82 Å². The van der Waals surface area contributed by atoms with E-state index in [1.54, 1.807) is 30.0 Å². The largest absolute Gasteiger partial charge is 0.332 e. The molecular weight excluding hydrogens is 273 g/mol. The van der Waals surface area contributed by atoms with Crippen LogP contribution in [-0.2, 0) is 9.59 Å². The Hall–Kier alpha value is -1.95. The van der Waals surface area contributed by atoms with Crippen LogP contribution in [0, 0.1) is 5.82 Å². The number of carbonyl (C=O) groups excluding carboxylic acids is 2. The first-order chi connectivity index (χ1) is 9.99. The molecule has 0 aliphatic carbocycles. The Morgan fingerprint density at radius 2 is 1.90 bits per heavy atom. The van der Waals surface area contributed by atoms with Crippen LogP contribution in [0.3, 0.4) is 0 Å². The quantitative estimate of drug-likeness (QED) is 0.818. The van der Waals surface area contributed by atoms with Gasteiger partial charge in [-0.15, -0.1) is 0 Å². The molecule has 1 aliphatic heterocycles. The van der Waals surface area contributed by atoms with Crippen LogP contribution >= 0.6 is 0 Å². The highest BCUT2D eigenvalue weighted by molar-refractivity contribution is 5.93. The van der Waals surface area contributed by atoms with Gasteiger partial charge in [-0.05, 0) is 19.1 Å². The smallest absolute Gasteiger partial charge is 0.282 e. The van der Waals surface area contributed by atoms with E-state index in [4.69, 9.17) is 0 Å². The second-order valence-corrected chi connectivity index (χ2v) is 5.36. The number of anilines is 1. The molecule has 2 N–H and O–H groups in total. The van der Waals surface area contributed by atoms with Gasteiger partial charge in [0.1, 0.15) is 5.82 Å². The zero-order chi connectivity index (χ0) is 15.4. The number of quaternary nitrogens is 1. The predicted octanol–water partition coefficient (Wildman–Crippen LogP) is -0.100.